The SMILES string of the molecule is O=C(C1CC1)[C@@]1(Cn2c(-c3ccc(-c4ccccc4)cc3)nc3ccc(C(F)(F)F)cc32)CCNC1. The van der Waals surface area contributed by atoms with Crippen LogP contribution < -0.4 is 5.32 Å². The molecular weight excluding hydrogens is 463 g/mol. The largest absolute Gasteiger partial charge is 0.416 e. The summed E-state index contributed by atoms with van der Waals surface area (Å²) in [7, 11) is 0. The van der Waals surface area contributed by atoms with Crippen molar-refractivity contribution in [1.82, 2.24) is 14.9 Å². The van der Waals surface area contributed by atoms with Gasteiger partial charge in [-0.05, 0) is 55.1 Å². The molecule has 184 valence electrons. The third kappa shape index (κ3) is 4.11. The smallest absolute Gasteiger partial charge is 0.323 e. The average Bonchev–Trinajstić information content (AvgIpc) is 3.53. The molecule has 0 amide bonds. The van der Waals surface area contributed by atoms with Crippen LogP contribution in [0.25, 0.3) is 33.5 Å². The van der Waals surface area contributed by atoms with E-state index in [1.54, 1.807) is 0 Å². The van der Waals surface area contributed by atoms with Crippen molar-refractivity contribution in [2.45, 2.75) is 32.0 Å². The van der Waals surface area contributed by atoms with Crippen molar-refractivity contribution in [3.8, 4) is 22.5 Å². The van der Waals surface area contributed by atoms with Crippen molar-refractivity contribution in [1.29, 1.82) is 0 Å². The number of nitrogens with one attached hydrogen (secondary N) is 1. The lowest BCUT2D eigenvalue weighted by Crippen LogP contribution is -2.39. The molecule has 1 saturated heterocycles. The molecule has 3 aromatic carbocycles. The number of halogens is 3. The number of hydrogen-bond acceptors (Lipinski definition) is 3. The van der Waals surface area contributed by atoms with Crippen molar-refractivity contribution in [3.63, 3.8) is 0 Å². The van der Waals surface area contributed by atoms with Gasteiger partial charge in [-0.3, -0.25) is 4.79 Å². The average molecular weight is 490 g/mol. The Balaban J connectivity index is 1.48. The fourth-order valence-corrected chi connectivity index (χ4v) is 5.37. The summed E-state index contributed by atoms with van der Waals surface area (Å²) in [4.78, 5) is 18.2. The number of carbonyl (C=O) groups is 1. The molecule has 0 bridgehead atoms. The highest BCUT2D eigenvalue weighted by atomic mass is 19.4. The molecule has 0 radical (unpaired) electrons. The lowest BCUT2D eigenvalue weighted by atomic mass is 9.80. The third-order valence-electron chi connectivity index (χ3n) is 7.50. The highest BCUT2D eigenvalue weighted by molar-refractivity contribution is 5.90. The van der Waals surface area contributed by atoms with E-state index in [0.717, 1.165) is 42.1 Å². The van der Waals surface area contributed by atoms with Gasteiger partial charge in [-0.25, -0.2) is 4.98 Å². The number of Topliss-reactive ketones (excluding diaryl/α,β-unsaturated/α-hetero) is 1. The predicted octanol–water partition coefficient (Wildman–Crippen LogP) is 6.35. The molecule has 2 heterocycles. The van der Waals surface area contributed by atoms with Crippen LogP contribution in [0.15, 0.2) is 72.8 Å². The van der Waals surface area contributed by atoms with Gasteiger partial charge in [-0.1, -0.05) is 54.6 Å². The standard InChI is InChI=1S/C29H26F3N3O/c30-29(31,32)23-12-13-24-25(16-23)35(18-28(14-15-33-17-28)26(36)21-8-9-21)27(34-24)22-10-6-20(7-11-22)19-4-2-1-3-5-19/h1-7,10-13,16,21,33H,8-9,14-15,17-18H2/t28-/m0/s1. The van der Waals surface area contributed by atoms with Crippen molar-refractivity contribution in [2.24, 2.45) is 11.3 Å². The van der Waals surface area contributed by atoms with Crippen molar-refractivity contribution in [3.05, 3.63) is 78.4 Å². The minimum Gasteiger partial charge on any atom is -0.323 e. The Kier molecular flexibility index (Phi) is 5.48. The molecule has 1 N–H and O–H groups in total. The van der Waals surface area contributed by atoms with E-state index in [1.807, 2.05) is 59.2 Å². The molecule has 0 spiro atoms. The second-order valence-corrected chi connectivity index (χ2v) is 10.0. The number of nitrogens with zero attached hydrogens (tertiary/aromatic N) is 2. The number of hydrogen-bond donors (Lipinski definition) is 1. The highest BCUT2D eigenvalue weighted by Gasteiger charge is 2.48. The van der Waals surface area contributed by atoms with Crippen LogP contribution in [-0.4, -0.2) is 28.4 Å². The van der Waals surface area contributed by atoms with Crippen LogP contribution in [0.3, 0.4) is 0 Å². The van der Waals surface area contributed by atoms with Crippen LogP contribution in [0.4, 0.5) is 13.2 Å². The van der Waals surface area contributed by atoms with Crippen LogP contribution in [-0.2, 0) is 17.5 Å². The predicted molar refractivity (Wildman–Crippen MR) is 133 cm³/mol. The minimum atomic E-state index is -4.46. The Bertz CT molecular complexity index is 1410. The zero-order chi connectivity index (χ0) is 24.9. The van der Waals surface area contributed by atoms with E-state index in [0.29, 0.717) is 36.4 Å². The first-order valence-corrected chi connectivity index (χ1v) is 12.3. The van der Waals surface area contributed by atoms with E-state index in [9.17, 15) is 18.0 Å². The molecule has 36 heavy (non-hydrogen) atoms. The Hall–Kier alpha value is -3.45. The fraction of sp³-hybridized carbons (Fsp3) is 0.310. The van der Waals surface area contributed by atoms with Crippen molar-refractivity contribution in [2.75, 3.05) is 13.1 Å². The zero-order valence-corrected chi connectivity index (χ0v) is 19.7. The summed E-state index contributed by atoms with van der Waals surface area (Å²) in [5.41, 5.74) is 2.47. The monoisotopic (exact) mass is 489 g/mol. The van der Waals surface area contributed by atoms with Gasteiger partial charge in [0.1, 0.15) is 11.6 Å². The first-order valence-electron chi connectivity index (χ1n) is 12.3. The lowest BCUT2D eigenvalue weighted by molar-refractivity contribution is -0.137. The van der Waals surface area contributed by atoms with E-state index in [2.05, 4.69) is 5.32 Å². The molecule has 4 aromatic rings. The molecular formula is C29H26F3N3O. The topological polar surface area (TPSA) is 46.9 Å². The van der Waals surface area contributed by atoms with E-state index in [1.165, 1.54) is 12.1 Å². The van der Waals surface area contributed by atoms with Gasteiger partial charge in [0.2, 0.25) is 0 Å². The number of fused-ring (bicyclic) bond motifs is 1. The van der Waals surface area contributed by atoms with E-state index < -0.39 is 17.2 Å². The van der Waals surface area contributed by atoms with Gasteiger partial charge in [0.05, 0.1) is 22.0 Å². The quantitative estimate of drug-likeness (QED) is 0.343. The van der Waals surface area contributed by atoms with E-state index in [-0.39, 0.29) is 11.7 Å². The lowest BCUT2D eigenvalue weighted by Gasteiger charge is -2.28. The van der Waals surface area contributed by atoms with Gasteiger partial charge in [0, 0.05) is 24.6 Å². The van der Waals surface area contributed by atoms with Crippen LogP contribution in [0.1, 0.15) is 24.8 Å². The van der Waals surface area contributed by atoms with Gasteiger partial charge in [-0.2, -0.15) is 13.2 Å². The maximum absolute atomic E-state index is 13.6. The highest BCUT2D eigenvalue weighted by Crippen LogP contribution is 2.43. The van der Waals surface area contributed by atoms with Crippen molar-refractivity contribution >= 4 is 16.8 Å². The number of benzene rings is 3. The molecule has 4 nitrogen and oxygen atoms in total. The summed E-state index contributed by atoms with van der Waals surface area (Å²) in [5, 5.41) is 3.32. The zero-order valence-electron chi connectivity index (χ0n) is 19.7. The molecule has 1 aliphatic carbocycles. The summed E-state index contributed by atoms with van der Waals surface area (Å²) >= 11 is 0. The summed E-state index contributed by atoms with van der Waals surface area (Å²) < 4.78 is 42.7. The van der Waals surface area contributed by atoms with Gasteiger partial charge >= 0.3 is 6.18 Å². The Morgan fingerprint density at radius 3 is 2.31 bits per heavy atom. The maximum atomic E-state index is 13.6. The first kappa shape index (κ1) is 23.0. The minimum absolute atomic E-state index is 0.0685. The molecule has 0 unspecified atom stereocenters. The number of alkyl halides is 3. The van der Waals surface area contributed by atoms with Crippen LogP contribution in [0.5, 0.6) is 0 Å². The van der Waals surface area contributed by atoms with Gasteiger partial charge in [0.25, 0.3) is 0 Å². The Morgan fingerprint density at radius 1 is 0.972 bits per heavy atom. The van der Waals surface area contributed by atoms with Gasteiger partial charge < -0.3 is 9.88 Å². The molecule has 6 rings (SSSR count). The summed E-state index contributed by atoms with van der Waals surface area (Å²) in [5.74, 6) is 0.879. The van der Waals surface area contributed by atoms with Crippen LogP contribution >= 0.6 is 0 Å². The summed E-state index contributed by atoms with van der Waals surface area (Å²) in [6.07, 6.45) is -1.99. The Morgan fingerprint density at radius 2 is 1.67 bits per heavy atom. The molecule has 2 fully saturated rings. The van der Waals surface area contributed by atoms with E-state index in [4.69, 9.17) is 4.98 Å². The maximum Gasteiger partial charge on any atom is 0.416 e. The molecule has 1 aromatic heterocycles. The van der Waals surface area contributed by atoms with Crippen LogP contribution in [0.2, 0.25) is 0 Å². The van der Waals surface area contributed by atoms with E-state index >= 15 is 0 Å². The number of imidazole rings is 1. The number of carbonyl (C=O) groups excluding carboxylic acids is 1. The molecule has 1 aliphatic heterocycles. The first-order chi connectivity index (χ1) is 17.3. The van der Waals surface area contributed by atoms with Crippen molar-refractivity contribution < 1.29 is 18.0 Å². The normalized spacial score (nSPS) is 20.2. The molecule has 7 heteroatoms. The number of ketones is 1. The molecule has 2 aliphatic rings. The number of aromatic nitrogens is 2. The van der Waals surface area contributed by atoms with Gasteiger partial charge in [0.15, 0.2) is 0 Å². The Labute approximate surface area is 207 Å². The third-order valence-corrected chi connectivity index (χ3v) is 7.50. The summed E-state index contributed by atoms with van der Waals surface area (Å²) in [6.45, 7) is 1.57. The van der Waals surface area contributed by atoms with Crippen LogP contribution in [0, 0.1) is 11.3 Å². The van der Waals surface area contributed by atoms with Gasteiger partial charge in [-0.15, -0.1) is 0 Å². The molecule has 1 saturated carbocycles. The second kappa shape index (κ2) is 8.59. The number of rotatable bonds is 6. The molecule has 1 atom stereocenters. The summed E-state index contributed by atoms with van der Waals surface area (Å²) in [6, 6.07) is 21.6. The second-order valence-electron chi connectivity index (χ2n) is 10.0. The fourth-order valence-electron chi connectivity index (χ4n) is 5.37.